The van der Waals surface area contributed by atoms with Crippen molar-refractivity contribution in [3.63, 3.8) is 0 Å². The molecule has 0 saturated carbocycles. The normalized spacial score (nSPS) is 10.8. The van der Waals surface area contributed by atoms with E-state index in [1.165, 1.54) is 5.69 Å². The first kappa shape index (κ1) is 9.03. The second kappa shape index (κ2) is 3.73. The molecule has 2 heterocycles. The van der Waals surface area contributed by atoms with E-state index < -0.39 is 0 Å². The van der Waals surface area contributed by atoms with Gasteiger partial charge in [-0.2, -0.15) is 5.10 Å². The fraction of sp³-hybridized carbons (Fsp3) is 0.0833. The summed E-state index contributed by atoms with van der Waals surface area (Å²) in [6.45, 7) is 0.789. The summed E-state index contributed by atoms with van der Waals surface area (Å²) in [5.41, 5.74) is 3.32. The second-order valence-electron chi connectivity index (χ2n) is 3.69. The molecule has 4 nitrogen and oxygen atoms in total. The fourth-order valence-electron chi connectivity index (χ4n) is 1.79. The highest BCUT2D eigenvalue weighted by Gasteiger charge is 2.01. The lowest BCUT2D eigenvalue weighted by Crippen LogP contribution is -1.99. The quantitative estimate of drug-likeness (QED) is 0.624. The highest BCUT2D eigenvalue weighted by atomic mass is 15.1. The van der Waals surface area contributed by atoms with E-state index >= 15 is 0 Å². The van der Waals surface area contributed by atoms with Crippen LogP contribution in [0, 0.1) is 0 Å². The van der Waals surface area contributed by atoms with Gasteiger partial charge in [0.25, 0.3) is 0 Å². The van der Waals surface area contributed by atoms with Gasteiger partial charge in [-0.25, -0.2) is 0 Å². The van der Waals surface area contributed by atoms with Gasteiger partial charge in [0, 0.05) is 23.0 Å². The molecule has 0 bridgehead atoms. The van der Waals surface area contributed by atoms with E-state index in [0.29, 0.717) is 0 Å². The molecule has 2 aromatic heterocycles. The number of hydrogen-bond donors (Lipinski definition) is 3. The maximum absolute atomic E-state index is 4.03. The van der Waals surface area contributed by atoms with Crippen LogP contribution in [0.5, 0.6) is 0 Å². The predicted molar refractivity (Wildman–Crippen MR) is 64.2 cm³/mol. The van der Waals surface area contributed by atoms with Crippen LogP contribution in [0.2, 0.25) is 0 Å². The molecule has 16 heavy (non-hydrogen) atoms. The molecule has 0 atom stereocenters. The minimum atomic E-state index is 0.789. The van der Waals surface area contributed by atoms with Crippen molar-refractivity contribution < 1.29 is 0 Å². The Bertz CT molecular complexity index is 580. The summed E-state index contributed by atoms with van der Waals surface area (Å²) in [5.74, 6) is 0. The Hall–Kier alpha value is -2.23. The van der Waals surface area contributed by atoms with Crippen LogP contribution in [-0.2, 0) is 6.54 Å². The smallest absolute Gasteiger partial charge is 0.0671 e. The fourth-order valence-corrected chi connectivity index (χ4v) is 1.79. The third kappa shape index (κ3) is 1.54. The molecule has 0 unspecified atom stereocenters. The highest BCUT2D eigenvalue weighted by Crippen LogP contribution is 2.21. The van der Waals surface area contributed by atoms with Gasteiger partial charge in [0.05, 0.1) is 18.3 Å². The van der Waals surface area contributed by atoms with Gasteiger partial charge in [-0.3, -0.25) is 5.10 Å². The van der Waals surface area contributed by atoms with Crippen LogP contribution in [0.3, 0.4) is 0 Å². The Morgan fingerprint density at radius 2 is 2.19 bits per heavy atom. The largest absolute Gasteiger partial charge is 0.379 e. The molecule has 0 aliphatic heterocycles. The van der Waals surface area contributed by atoms with Gasteiger partial charge in [0.1, 0.15) is 0 Å². The summed E-state index contributed by atoms with van der Waals surface area (Å²) < 4.78 is 0. The number of nitrogens with one attached hydrogen (secondary N) is 3. The van der Waals surface area contributed by atoms with Gasteiger partial charge in [0.2, 0.25) is 0 Å². The van der Waals surface area contributed by atoms with Crippen molar-refractivity contribution in [1.82, 2.24) is 15.2 Å². The van der Waals surface area contributed by atoms with Gasteiger partial charge >= 0.3 is 0 Å². The van der Waals surface area contributed by atoms with Crippen LogP contribution >= 0.6 is 0 Å². The van der Waals surface area contributed by atoms with Crippen LogP contribution in [-0.4, -0.2) is 15.2 Å². The van der Waals surface area contributed by atoms with Crippen LogP contribution in [0.4, 0.5) is 5.69 Å². The summed E-state index contributed by atoms with van der Waals surface area (Å²) >= 11 is 0. The summed E-state index contributed by atoms with van der Waals surface area (Å²) in [7, 11) is 0. The minimum Gasteiger partial charge on any atom is -0.379 e. The van der Waals surface area contributed by atoms with Gasteiger partial charge in [-0.15, -0.1) is 0 Å². The summed E-state index contributed by atoms with van der Waals surface area (Å²) in [5, 5.41) is 11.5. The number of fused-ring (bicyclic) bond motifs is 1. The van der Waals surface area contributed by atoms with E-state index in [0.717, 1.165) is 23.1 Å². The molecule has 80 valence electrons. The standard InChI is InChI=1S/C12H12N4/c1-4-11(10-8-15-16-12(10)5-1)14-7-9-3-2-6-13-9/h1-6,8,13-14H,7H2,(H,15,16). The summed E-state index contributed by atoms with van der Waals surface area (Å²) in [6.07, 6.45) is 3.77. The zero-order valence-corrected chi connectivity index (χ0v) is 8.70. The van der Waals surface area contributed by atoms with Crippen molar-refractivity contribution in [1.29, 1.82) is 0 Å². The molecule has 0 saturated heterocycles. The third-order valence-corrected chi connectivity index (χ3v) is 2.62. The molecular formula is C12H12N4. The van der Waals surface area contributed by atoms with Gasteiger partial charge in [-0.05, 0) is 24.3 Å². The van der Waals surface area contributed by atoms with Crippen LogP contribution in [0.15, 0.2) is 42.7 Å². The molecule has 0 aliphatic rings. The van der Waals surface area contributed by atoms with Crippen molar-refractivity contribution in [3.05, 3.63) is 48.4 Å². The lowest BCUT2D eigenvalue weighted by molar-refractivity contribution is 1.08. The maximum atomic E-state index is 4.03. The Morgan fingerprint density at radius 1 is 1.19 bits per heavy atom. The SMILES string of the molecule is c1c[nH]c(CNc2cccc3[nH]ncc23)c1. The number of anilines is 1. The maximum Gasteiger partial charge on any atom is 0.0671 e. The zero-order chi connectivity index (χ0) is 10.8. The van der Waals surface area contributed by atoms with E-state index in [1.54, 1.807) is 0 Å². The zero-order valence-electron chi connectivity index (χ0n) is 8.70. The van der Waals surface area contributed by atoms with E-state index in [1.807, 2.05) is 30.6 Å². The Morgan fingerprint density at radius 3 is 3.06 bits per heavy atom. The first-order valence-electron chi connectivity index (χ1n) is 5.22. The van der Waals surface area contributed by atoms with Crippen molar-refractivity contribution in [2.45, 2.75) is 6.54 Å². The number of aromatic amines is 2. The van der Waals surface area contributed by atoms with Crippen molar-refractivity contribution in [2.75, 3.05) is 5.32 Å². The molecule has 0 spiro atoms. The van der Waals surface area contributed by atoms with E-state index in [4.69, 9.17) is 0 Å². The molecule has 0 radical (unpaired) electrons. The third-order valence-electron chi connectivity index (χ3n) is 2.62. The van der Waals surface area contributed by atoms with Crippen molar-refractivity contribution >= 4 is 16.6 Å². The van der Waals surface area contributed by atoms with E-state index in [9.17, 15) is 0 Å². The number of H-pyrrole nitrogens is 2. The molecule has 3 aromatic rings. The Kier molecular flexibility index (Phi) is 2.11. The van der Waals surface area contributed by atoms with Crippen LogP contribution < -0.4 is 5.32 Å². The molecule has 3 rings (SSSR count). The van der Waals surface area contributed by atoms with Crippen LogP contribution in [0.25, 0.3) is 10.9 Å². The van der Waals surface area contributed by atoms with Gasteiger partial charge in [0.15, 0.2) is 0 Å². The molecule has 3 N–H and O–H groups in total. The lowest BCUT2D eigenvalue weighted by Gasteiger charge is -2.05. The topological polar surface area (TPSA) is 56.5 Å². The number of aromatic nitrogens is 3. The summed E-state index contributed by atoms with van der Waals surface area (Å²) in [4.78, 5) is 3.16. The first-order chi connectivity index (χ1) is 7.93. The van der Waals surface area contributed by atoms with Crippen molar-refractivity contribution in [3.8, 4) is 0 Å². The predicted octanol–water partition coefficient (Wildman–Crippen LogP) is 2.50. The molecule has 0 fully saturated rings. The molecule has 0 aliphatic carbocycles. The summed E-state index contributed by atoms with van der Waals surface area (Å²) in [6, 6.07) is 10.1. The minimum absolute atomic E-state index is 0.789. The number of benzene rings is 1. The molecule has 4 heteroatoms. The molecular weight excluding hydrogens is 200 g/mol. The average Bonchev–Trinajstić information content (AvgIpc) is 2.97. The average molecular weight is 212 g/mol. The van der Waals surface area contributed by atoms with Gasteiger partial charge in [-0.1, -0.05) is 6.07 Å². The number of hydrogen-bond acceptors (Lipinski definition) is 2. The molecule has 1 aromatic carbocycles. The van der Waals surface area contributed by atoms with E-state index in [2.05, 4.69) is 32.6 Å². The first-order valence-corrected chi connectivity index (χ1v) is 5.22. The Balaban J connectivity index is 1.86. The van der Waals surface area contributed by atoms with Crippen molar-refractivity contribution in [2.24, 2.45) is 0 Å². The highest BCUT2D eigenvalue weighted by molar-refractivity contribution is 5.90. The number of nitrogens with zero attached hydrogens (tertiary/aromatic N) is 1. The molecule has 0 amide bonds. The van der Waals surface area contributed by atoms with Crippen LogP contribution in [0.1, 0.15) is 5.69 Å². The van der Waals surface area contributed by atoms with E-state index in [-0.39, 0.29) is 0 Å². The number of rotatable bonds is 3. The van der Waals surface area contributed by atoms with Gasteiger partial charge < -0.3 is 10.3 Å². The monoisotopic (exact) mass is 212 g/mol. The second-order valence-corrected chi connectivity index (χ2v) is 3.69. The Labute approximate surface area is 92.7 Å². The lowest BCUT2D eigenvalue weighted by atomic mass is 10.2.